The first-order chi connectivity index (χ1) is 51.8. The van der Waals surface area contributed by atoms with Crippen LogP contribution >= 0.6 is 0 Å². The molecule has 0 atom stereocenters. The maximum Gasteiger partial charge on any atom is 0.184 e. The van der Waals surface area contributed by atoms with Crippen molar-refractivity contribution in [3.63, 3.8) is 0 Å². The summed E-state index contributed by atoms with van der Waals surface area (Å²) >= 11 is 0. The number of hydrogen-bond acceptors (Lipinski definition) is 3. The second-order valence-corrected chi connectivity index (χ2v) is 28.9. The van der Waals surface area contributed by atoms with Crippen molar-refractivity contribution in [3.8, 4) is 73.2 Å². The molecule has 0 bridgehead atoms. The van der Waals surface area contributed by atoms with Gasteiger partial charge in [-0.3, -0.25) is 9.13 Å². The van der Waals surface area contributed by atoms with E-state index in [1.54, 1.807) is 0 Å². The number of aromatic nitrogens is 7. The van der Waals surface area contributed by atoms with Crippen molar-refractivity contribution < 1.29 is 4.42 Å². The molecule has 0 saturated carbocycles. The van der Waals surface area contributed by atoms with Gasteiger partial charge in [-0.15, -0.1) is 10.2 Å². The van der Waals surface area contributed by atoms with E-state index >= 15 is 0 Å². The molecule has 490 valence electrons. The zero-order valence-electron chi connectivity index (χ0n) is 57.3. The van der Waals surface area contributed by atoms with Gasteiger partial charge in [-0.2, -0.15) is 0 Å². The summed E-state index contributed by atoms with van der Waals surface area (Å²) in [5.74, 6) is 1.40. The van der Waals surface area contributed by atoms with Crippen LogP contribution in [0.15, 0.2) is 338 Å². The summed E-state index contributed by atoms with van der Waals surface area (Å²) in [6.07, 6.45) is 0. The van der Waals surface area contributed by atoms with Crippen molar-refractivity contribution in [2.75, 3.05) is 0 Å². The fourth-order valence-electron chi connectivity index (χ4n) is 18.1. The molecule has 8 nitrogen and oxygen atoms in total. The van der Waals surface area contributed by atoms with Gasteiger partial charge < -0.3 is 18.1 Å². The lowest BCUT2D eigenvalue weighted by Gasteiger charge is -2.22. The molecular weight excluding hydrogens is 1280 g/mol. The molecule has 23 rings (SSSR count). The summed E-state index contributed by atoms with van der Waals surface area (Å²) in [5.41, 5.74) is 27.4. The van der Waals surface area contributed by atoms with E-state index in [2.05, 4.69) is 358 Å². The largest absolute Gasteiger partial charge is 0.456 e. The average Bonchev–Trinajstić information content (AvgIpc) is 1.55. The van der Waals surface area contributed by atoms with E-state index in [0.29, 0.717) is 11.6 Å². The van der Waals surface area contributed by atoms with Gasteiger partial charge in [-0.25, -0.2) is 0 Å². The lowest BCUT2D eigenvalue weighted by molar-refractivity contribution is 0.661. The summed E-state index contributed by atoms with van der Waals surface area (Å²) in [5, 5.41) is 25.2. The third kappa shape index (κ3) is 8.27. The Morgan fingerprint density at radius 3 is 1.19 bits per heavy atom. The van der Waals surface area contributed by atoms with Gasteiger partial charge in [0.25, 0.3) is 0 Å². The van der Waals surface area contributed by atoms with Gasteiger partial charge in [0.15, 0.2) is 11.6 Å². The predicted octanol–water partition coefficient (Wildman–Crippen LogP) is 25.2. The van der Waals surface area contributed by atoms with Crippen molar-refractivity contribution in [1.29, 1.82) is 0 Å². The van der Waals surface area contributed by atoms with Crippen molar-refractivity contribution in [2.45, 2.75) is 19.3 Å². The zero-order chi connectivity index (χ0) is 68.9. The molecule has 0 radical (unpaired) electrons. The molecule has 0 N–H and O–H groups in total. The maximum atomic E-state index is 6.34. The van der Waals surface area contributed by atoms with Gasteiger partial charge in [0, 0.05) is 87.5 Å². The van der Waals surface area contributed by atoms with E-state index in [1.165, 1.54) is 60.2 Å². The van der Waals surface area contributed by atoms with Gasteiger partial charge in [-0.1, -0.05) is 214 Å². The van der Waals surface area contributed by atoms with Crippen LogP contribution in [0, 0.1) is 0 Å². The number of benzene rings is 15. The highest BCUT2D eigenvalue weighted by Crippen LogP contribution is 2.52. The van der Waals surface area contributed by atoms with Crippen molar-refractivity contribution in [3.05, 3.63) is 345 Å². The second kappa shape index (κ2) is 21.6. The summed E-state index contributed by atoms with van der Waals surface area (Å²) in [7, 11) is 0. The van der Waals surface area contributed by atoms with Gasteiger partial charge in [0.1, 0.15) is 11.2 Å². The Morgan fingerprint density at radius 2 is 0.629 bits per heavy atom. The van der Waals surface area contributed by atoms with Gasteiger partial charge in [-0.05, 0) is 183 Å². The highest BCUT2D eigenvalue weighted by molar-refractivity contribution is 6.17. The molecule has 1 aliphatic carbocycles. The molecule has 7 heterocycles. The Bertz CT molecular complexity index is 7280. The number of para-hydroxylation sites is 7. The van der Waals surface area contributed by atoms with Crippen LogP contribution in [0.2, 0.25) is 0 Å². The molecule has 0 saturated heterocycles. The highest BCUT2D eigenvalue weighted by Gasteiger charge is 2.37. The summed E-state index contributed by atoms with van der Waals surface area (Å²) < 4.78 is 18.4. The number of rotatable bonds is 8. The van der Waals surface area contributed by atoms with E-state index in [-0.39, 0.29) is 5.41 Å². The number of furan rings is 1. The molecule has 105 heavy (non-hydrogen) atoms. The number of fused-ring (bicyclic) bond motifs is 21. The molecule has 0 unspecified atom stereocenters. The summed E-state index contributed by atoms with van der Waals surface area (Å²) in [4.78, 5) is 0. The monoisotopic (exact) mass is 1340 g/mol. The molecule has 1 aliphatic rings. The van der Waals surface area contributed by atoms with Crippen LogP contribution < -0.4 is 0 Å². The van der Waals surface area contributed by atoms with E-state index in [0.717, 1.165) is 143 Å². The quantitative estimate of drug-likeness (QED) is 0.152. The average molecular weight is 1340 g/mol. The van der Waals surface area contributed by atoms with Crippen molar-refractivity contribution in [2.24, 2.45) is 0 Å². The minimum atomic E-state index is -0.267. The number of nitrogens with zero attached hydrogens (tertiary/aromatic N) is 7. The SMILES string of the molecule is CC1(C)c2ccccc2-c2cc3c4ccccc4n(-c4cc(-n5c6cc(-c7ccc8c(c7)c7ccccc7n8-c7ccccc7)ccc6c6ccc(-c7ccc8c(c7)c7ccccc7n8-c7ccccc7)cc65)nnc4-n4c5ccccc5c5cc(-c6ccc7oc8ccccc8c7c6)ccc54)c3cc21. The molecule has 0 aliphatic heterocycles. The number of hydrogen-bond donors (Lipinski definition) is 0. The summed E-state index contributed by atoms with van der Waals surface area (Å²) in [6.45, 7) is 4.76. The Kier molecular flexibility index (Phi) is 11.9. The van der Waals surface area contributed by atoms with Gasteiger partial charge in [0.2, 0.25) is 0 Å². The minimum Gasteiger partial charge on any atom is -0.456 e. The molecular formula is C97H61N7O. The molecule has 15 aromatic carbocycles. The smallest absolute Gasteiger partial charge is 0.184 e. The molecule has 0 amide bonds. The van der Waals surface area contributed by atoms with E-state index in [4.69, 9.17) is 14.6 Å². The minimum absolute atomic E-state index is 0.267. The van der Waals surface area contributed by atoms with Gasteiger partial charge >= 0.3 is 0 Å². The topological polar surface area (TPSA) is 63.6 Å². The maximum absolute atomic E-state index is 6.34. The fourth-order valence-corrected chi connectivity index (χ4v) is 18.1. The second-order valence-electron chi connectivity index (χ2n) is 28.9. The van der Waals surface area contributed by atoms with Crippen LogP contribution in [0.4, 0.5) is 0 Å². The Labute approximate surface area is 602 Å². The van der Waals surface area contributed by atoms with Gasteiger partial charge in [0.05, 0.1) is 60.9 Å². The van der Waals surface area contributed by atoms with Crippen LogP contribution in [0.5, 0.6) is 0 Å². The van der Waals surface area contributed by atoms with Crippen LogP contribution in [0.3, 0.4) is 0 Å². The van der Waals surface area contributed by atoms with E-state index < -0.39 is 0 Å². The first-order valence-electron chi connectivity index (χ1n) is 36.1. The lowest BCUT2D eigenvalue weighted by Crippen LogP contribution is -2.15. The standard InChI is InChI=1S/C97H61N7O/c1-97(2)80-31-15-9-25-66(80)74-55-78-70-29-12-18-34-84(70)102(91(78)56-81(74)97)92-57-95(98-99-96(92)104-85-35-19-13-28-69(85)77-49-58(41-47-88(77)104)61-42-48-94-79(52-61)73-30-14-20-36-93(73)105-94)103-89-53-62(59-39-45-86-75(50-59)67-26-10-16-32-82(67)100(86)64-21-5-3-6-22-64)37-43-71(89)72-44-38-63(54-90(72)103)60-40-46-87-76(51-60)68-27-11-17-33-83(68)101(87)65-23-7-4-8-24-65/h3-57H,1-2H3. The van der Waals surface area contributed by atoms with Crippen LogP contribution in [0.1, 0.15) is 25.0 Å². The molecule has 7 aromatic heterocycles. The fraction of sp³-hybridized carbons (Fsp3) is 0.0309. The van der Waals surface area contributed by atoms with Crippen molar-refractivity contribution >= 4 is 131 Å². The Morgan fingerprint density at radius 1 is 0.238 bits per heavy atom. The molecule has 22 aromatic rings. The van der Waals surface area contributed by atoms with Crippen LogP contribution in [-0.2, 0) is 5.41 Å². The zero-order valence-corrected chi connectivity index (χ0v) is 57.3. The van der Waals surface area contributed by atoms with Crippen molar-refractivity contribution in [1.82, 2.24) is 33.0 Å². The molecule has 0 spiro atoms. The Balaban J connectivity index is 0.793. The lowest BCUT2D eigenvalue weighted by atomic mass is 9.82. The first-order valence-corrected chi connectivity index (χ1v) is 36.1. The predicted molar refractivity (Wildman–Crippen MR) is 435 cm³/mol. The third-order valence-corrected chi connectivity index (χ3v) is 23.0. The third-order valence-electron chi connectivity index (χ3n) is 23.0. The highest BCUT2D eigenvalue weighted by atomic mass is 16.3. The van der Waals surface area contributed by atoms with Crippen LogP contribution in [-0.4, -0.2) is 33.0 Å². The first kappa shape index (κ1) is 57.9. The summed E-state index contributed by atoms with van der Waals surface area (Å²) in [6, 6.07) is 123. The van der Waals surface area contributed by atoms with E-state index in [9.17, 15) is 0 Å². The normalized spacial score (nSPS) is 12.9. The molecule has 0 fully saturated rings. The van der Waals surface area contributed by atoms with E-state index in [1.807, 2.05) is 12.1 Å². The molecule has 8 heteroatoms. The van der Waals surface area contributed by atoms with Crippen LogP contribution in [0.25, 0.3) is 204 Å². The Hall–Kier alpha value is -13.8.